The van der Waals surface area contributed by atoms with Gasteiger partial charge in [-0.15, -0.1) is 0 Å². The van der Waals surface area contributed by atoms with Crippen molar-refractivity contribution in [1.29, 1.82) is 0 Å². The molecule has 0 N–H and O–H groups in total. The van der Waals surface area contributed by atoms with Gasteiger partial charge in [0.05, 0.1) is 22.3 Å². The van der Waals surface area contributed by atoms with Crippen LogP contribution in [0.25, 0.3) is 0 Å². The van der Waals surface area contributed by atoms with Gasteiger partial charge in [0.15, 0.2) is 0 Å². The summed E-state index contributed by atoms with van der Waals surface area (Å²) in [6.45, 7) is 0. The van der Waals surface area contributed by atoms with E-state index in [0.29, 0.717) is 24.3 Å². The second-order valence-corrected chi connectivity index (χ2v) is 9.43. The summed E-state index contributed by atoms with van der Waals surface area (Å²) in [6, 6.07) is 0.986. The molecule has 0 bridgehead atoms. The van der Waals surface area contributed by atoms with E-state index >= 15 is 0 Å². The third-order valence-corrected chi connectivity index (χ3v) is 7.16. The Kier molecular flexibility index (Phi) is 6.62. The van der Waals surface area contributed by atoms with E-state index in [-0.39, 0.29) is 23.9 Å². The van der Waals surface area contributed by atoms with Crippen molar-refractivity contribution < 1.29 is 52.7 Å². The van der Waals surface area contributed by atoms with Crippen LogP contribution >= 0.6 is 7.92 Å². The molecule has 0 saturated heterocycles. The van der Waals surface area contributed by atoms with E-state index in [1.165, 1.54) is 18.2 Å². The summed E-state index contributed by atoms with van der Waals surface area (Å²) >= 11 is 0. The normalized spacial score (nSPS) is 15.3. The smallest absolute Gasteiger partial charge is 0.166 e. The molecule has 0 heterocycles. The van der Waals surface area contributed by atoms with Crippen molar-refractivity contribution >= 4 is 18.5 Å². The maximum absolute atomic E-state index is 13.3. The van der Waals surface area contributed by atoms with Gasteiger partial charge < -0.3 is 0 Å². The van der Waals surface area contributed by atoms with Gasteiger partial charge in [-0.25, -0.2) is 0 Å². The third-order valence-electron chi connectivity index (χ3n) is 4.70. The van der Waals surface area contributed by atoms with Crippen LogP contribution in [0.5, 0.6) is 0 Å². The Morgan fingerprint density at radius 3 is 1.06 bits per heavy atom. The molecule has 0 aliphatic heterocycles. The average molecular weight is 522 g/mol. The topological polar surface area (TPSA) is 0 Å². The van der Waals surface area contributed by atoms with E-state index in [9.17, 15) is 52.7 Å². The maximum atomic E-state index is 13.3. The molecule has 184 valence electrons. The number of allylic oxidation sites excluding steroid dienone is 4. The zero-order chi connectivity index (χ0) is 25.7. The standard InChI is InChI=1S/C21H11F12P/c22-18(23,24)11-5-12(19(25,26)27)8-16(7-11)34(15-3-1-2-4-15)17-9-13(20(28,29)30)6-14(10-17)21(31,32)33/h1-3,5-10H,4H2. The third kappa shape index (κ3) is 5.76. The summed E-state index contributed by atoms with van der Waals surface area (Å²) in [4.78, 5) is 0. The molecule has 3 rings (SSSR count). The fourth-order valence-electron chi connectivity index (χ4n) is 3.22. The second kappa shape index (κ2) is 8.62. The van der Waals surface area contributed by atoms with Crippen LogP contribution in [0.4, 0.5) is 52.7 Å². The lowest BCUT2D eigenvalue weighted by Gasteiger charge is -2.25. The number of alkyl halides is 12. The minimum atomic E-state index is -5.25. The van der Waals surface area contributed by atoms with Crippen molar-refractivity contribution in [2.24, 2.45) is 0 Å². The fourth-order valence-corrected chi connectivity index (χ4v) is 5.77. The van der Waals surface area contributed by atoms with Crippen LogP contribution in [0.15, 0.2) is 59.9 Å². The Morgan fingerprint density at radius 1 is 0.500 bits per heavy atom. The van der Waals surface area contributed by atoms with E-state index in [1.54, 1.807) is 0 Å². The molecule has 1 aliphatic carbocycles. The maximum Gasteiger partial charge on any atom is 0.416 e. The molecule has 2 aromatic rings. The molecule has 0 saturated carbocycles. The zero-order valence-electron chi connectivity index (χ0n) is 16.4. The minimum Gasteiger partial charge on any atom is -0.166 e. The molecule has 0 aromatic heterocycles. The largest absolute Gasteiger partial charge is 0.416 e. The Labute approximate surface area is 185 Å². The first-order valence-corrected chi connectivity index (χ1v) is 10.5. The first-order chi connectivity index (χ1) is 15.4. The first kappa shape index (κ1) is 26.1. The fraction of sp³-hybridized carbons (Fsp3) is 0.238. The summed E-state index contributed by atoms with van der Waals surface area (Å²) in [5.41, 5.74) is -6.89. The average Bonchev–Trinajstić information content (AvgIpc) is 3.19. The highest BCUT2D eigenvalue weighted by Crippen LogP contribution is 2.50. The van der Waals surface area contributed by atoms with Crippen molar-refractivity contribution in [1.82, 2.24) is 0 Å². The van der Waals surface area contributed by atoms with E-state index in [4.69, 9.17) is 0 Å². The monoisotopic (exact) mass is 522 g/mol. The molecule has 0 amide bonds. The minimum absolute atomic E-state index is 0.0686. The highest BCUT2D eigenvalue weighted by atomic mass is 31.1. The van der Waals surface area contributed by atoms with Gasteiger partial charge >= 0.3 is 24.7 Å². The lowest BCUT2D eigenvalue weighted by atomic mass is 10.1. The molecule has 2 aromatic carbocycles. The Hall–Kier alpha value is -2.49. The molecule has 13 heteroatoms. The van der Waals surface area contributed by atoms with Gasteiger partial charge in [0.1, 0.15) is 0 Å². The molecule has 0 spiro atoms. The molecule has 0 fully saturated rings. The first-order valence-electron chi connectivity index (χ1n) is 9.12. The molecule has 34 heavy (non-hydrogen) atoms. The lowest BCUT2D eigenvalue weighted by molar-refractivity contribution is -0.144. The molecule has 0 atom stereocenters. The van der Waals surface area contributed by atoms with Crippen molar-refractivity contribution in [3.05, 3.63) is 82.2 Å². The van der Waals surface area contributed by atoms with Crippen LogP contribution in [0.2, 0.25) is 0 Å². The van der Waals surface area contributed by atoms with Crippen molar-refractivity contribution in [3.8, 4) is 0 Å². The summed E-state index contributed by atoms with van der Waals surface area (Å²) in [5.74, 6) is 0. The van der Waals surface area contributed by atoms with Gasteiger partial charge in [0, 0.05) is 0 Å². The van der Waals surface area contributed by atoms with Crippen LogP contribution in [-0.2, 0) is 24.7 Å². The quantitative estimate of drug-likeness (QED) is 0.283. The van der Waals surface area contributed by atoms with Crippen LogP contribution in [0.1, 0.15) is 28.7 Å². The van der Waals surface area contributed by atoms with Crippen molar-refractivity contribution in [3.63, 3.8) is 0 Å². The number of benzene rings is 2. The zero-order valence-corrected chi connectivity index (χ0v) is 17.3. The van der Waals surface area contributed by atoms with E-state index < -0.39 is 65.5 Å². The van der Waals surface area contributed by atoms with Crippen LogP contribution in [0.3, 0.4) is 0 Å². The summed E-state index contributed by atoms with van der Waals surface area (Å²) in [7, 11) is -2.61. The lowest BCUT2D eigenvalue weighted by Crippen LogP contribution is -2.22. The second-order valence-electron chi connectivity index (χ2n) is 7.15. The van der Waals surface area contributed by atoms with Crippen LogP contribution in [0, 0.1) is 0 Å². The highest BCUT2D eigenvalue weighted by molar-refractivity contribution is 7.76. The molecular weight excluding hydrogens is 511 g/mol. The molecule has 0 radical (unpaired) electrons. The number of hydrogen-bond acceptors (Lipinski definition) is 0. The van der Waals surface area contributed by atoms with E-state index in [2.05, 4.69) is 0 Å². The summed E-state index contributed by atoms with van der Waals surface area (Å²) in [5, 5.41) is -1.27. The van der Waals surface area contributed by atoms with Crippen LogP contribution < -0.4 is 10.6 Å². The van der Waals surface area contributed by atoms with Gasteiger partial charge in [0.25, 0.3) is 0 Å². The van der Waals surface area contributed by atoms with Crippen molar-refractivity contribution in [2.75, 3.05) is 0 Å². The van der Waals surface area contributed by atoms with Gasteiger partial charge in [-0.3, -0.25) is 0 Å². The van der Waals surface area contributed by atoms with Gasteiger partial charge in [-0.2, -0.15) is 52.7 Å². The van der Waals surface area contributed by atoms with E-state index in [0.717, 1.165) is 0 Å². The summed E-state index contributed by atoms with van der Waals surface area (Å²) in [6.07, 6.45) is -17.0. The van der Waals surface area contributed by atoms with Crippen molar-refractivity contribution in [2.45, 2.75) is 31.1 Å². The number of hydrogen-bond donors (Lipinski definition) is 0. The Bertz CT molecular complexity index is 990. The number of halogens is 12. The van der Waals surface area contributed by atoms with Gasteiger partial charge in [-0.1, -0.05) is 18.2 Å². The highest BCUT2D eigenvalue weighted by Gasteiger charge is 2.40. The van der Waals surface area contributed by atoms with Gasteiger partial charge in [0.2, 0.25) is 0 Å². The van der Waals surface area contributed by atoms with Crippen LogP contribution in [-0.4, -0.2) is 0 Å². The molecule has 1 aliphatic rings. The number of rotatable bonds is 3. The van der Waals surface area contributed by atoms with E-state index in [1.807, 2.05) is 0 Å². The SMILES string of the molecule is FC(F)(F)c1cc(P(C2=CC=CC2)c2cc(C(F)(F)F)cc(C(F)(F)F)c2)cc(C(F)(F)F)c1. The molecule has 0 unspecified atom stereocenters. The Morgan fingerprint density at radius 2 is 0.824 bits per heavy atom. The van der Waals surface area contributed by atoms with Gasteiger partial charge in [-0.05, 0) is 66.7 Å². The molecular formula is C21H11F12P. The predicted molar refractivity (Wildman–Crippen MR) is 101 cm³/mol. The summed E-state index contributed by atoms with van der Waals surface area (Å²) < 4.78 is 160. The predicted octanol–water partition coefficient (Wildman–Crippen LogP) is 8.04. The molecule has 0 nitrogen and oxygen atoms in total. The Balaban J connectivity index is 2.35.